The summed E-state index contributed by atoms with van der Waals surface area (Å²) in [5, 5.41) is 3.78. The minimum absolute atomic E-state index is 0.530. The zero-order valence-corrected chi connectivity index (χ0v) is 12.4. The molecule has 0 atom stereocenters. The highest BCUT2D eigenvalue weighted by Crippen LogP contribution is 2.30. The Balaban J connectivity index is 2.40. The van der Waals surface area contributed by atoms with E-state index in [1.807, 2.05) is 26.0 Å². The third kappa shape index (κ3) is 2.76. The lowest BCUT2D eigenvalue weighted by molar-refractivity contribution is 1.28. The molecule has 0 saturated heterocycles. The molecule has 94 valence electrons. The van der Waals surface area contributed by atoms with Gasteiger partial charge in [0.15, 0.2) is 5.82 Å². The van der Waals surface area contributed by atoms with Crippen LogP contribution in [0.1, 0.15) is 11.1 Å². The topological polar surface area (TPSA) is 50.9 Å². The number of hydrogen-bond donors (Lipinski definition) is 2. The molecule has 0 spiro atoms. The van der Waals surface area contributed by atoms with Gasteiger partial charge in [-0.3, -0.25) is 0 Å². The van der Waals surface area contributed by atoms with E-state index in [-0.39, 0.29) is 0 Å². The fourth-order valence-electron chi connectivity index (χ4n) is 1.79. The van der Waals surface area contributed by atoms with Crippen molar-refractivity contribution in [3.63, 3.8) is 0 Å². The second-order valence-electron chi connectivity index (χ2n) is 4.13. The lowest BCUT2D eigenvalue weighted by atomic mass is 10.1. The molecule has 1 aromatic heterocycles. The van der Waals surface area contributed by atoms with Crippen molar-refractivity contribution in [3.8, 4) is 0 Å². The first kappa shape index (κ1) is 13.2. The molecular weight excluding hydrogens is 314 g/mol. The van der Waals surface area contributed by atoms with Crippen LogP contribution in [0.15, 0.2) is 28.9 Å². The minimum atomic E-state index is 0.530. The largest absolute Gasteiger partial charge is 0.396 e. The first-order valence-corrected chi connectivity index (χ1v) is 6.59. The number of hydrogen-bond acceptors (Lipinski definition) is 3. The summed E-state index contributed by atoms with van der Waals surface area (Å²) >= 11 is 9.30. The van der Waals surface area contributed by atoms with Crippen molar-refractivity contribution in [1.82, 2.24) is 4.98 Å². The van der Waals surface area contributed by atoms with E-state index in [1.165, 1.54) is 0 Å². The van der Waals surface area contributed by atoms with Crippen molar-refractivity contribution in [1.29, 1.82) is 0 Å². The van der Waals surface area contributed by atoms with Crippen LogP contribution in [0.5, 0.6) is 0 Å². The van der Waals surface area contributed by atoms with E-state index in [0.717, 1.165) is 21.3 Å². The molecule has 5 heteroatoms. The minimum Gasteiger partial charge on any atom is -0.396 e. The Morgan fingerprint density at radius 3 is 2.39 bits per heavy atom. The summed E-state index contributed by atoms with van der Waals surface area (Å²) in [6.45, 7) is 4.07. The number of nitrogens with zero attached hydrogens (tertiary/aromatic N) is 1. The van der Waals surface area contributed by atoms with Crippen molar-refractivity contribution in [2.45, 2.75) is 13.8 Å². The van der Waals surface area contributed by atoms with Crippen molar-refractivity contribution < 1.29 is 0 Å². The smallest absolute Gasteiger partial charge is 0.153 e. The molecule has 18 heavy (non-hydrogen) atoms. The van der Waals surface area contributed by atoms with Crippen molar-refractivity contribution in [2.24, 2.45) is 0 Å². The highest BCUT2D eigenvalue weighted by Gasteiger charge is 2.08. The second-order valence-corrected chi connectivity index (χ2v) is 5.48. The maximum Gasteiger partial charge on any atom is 0.153 e. The van der Waals surface area contributed by atoms with Gasteiger partial charge in [-0.25, -0.2) is 4.98 Å². The predicted molar refractivity (Wildman–Crippen MR) is 80.6 cm³/mol. The number of nitrogens with one attached hydrogen (secondary N) is 1. The van der Waals surface area contributed by atoms with E-state index in [1.54, 1.807) is 12.3 Å². The maximum atomic E-state index is 5.88. The molecule has 0 aliphatic rings. The first-order valence-electron chi connectivity index (χ1n) is 5.42. The zero-order chi connectivity index (χ0) is 13.3. The molecule has 2 aromatic rings. The number of nitrogen functional groups attached to an aromatic ring is 1. The SMILES string of the molecule is Cc1cc(Br)cc(C)c1Nc1ncc(Cl)cc1N. The fourth-order valence-corrected chi connectivity index (χ4v) is 2.64. The van der Waals surface area contributed by atoms with E-state index in [4.69, 9.17) is 17.3 Å². The van der Waals surface area contributed by atoms with Crippen molar-refractivity contribution >= 4 is 44.7 Å². The summed E-state index contributed by atoms with van der Waals surface area (Å²) in [6, 6.07) is 5.77. The average Bonchev–Trinajstić information content (AvgIpc) is 2.25. The third-order valence-electron chi connectivity index (χ3n) is 2.62. The normalized spacial score (nSPS) is 10.4. The molecule has 1 aromatic carbocycles. The Morgan fingerprint density at radius 1 is 1.22 bits per heavy atom. The van der Waals surface area contributed by atoms with E-state index >= 15 is 0 Å². The standard InChI is InChI=1S/C13H13BrClN3/c1-7-3-9(14)4-8(2)12(7)18-13-11(16)5-10(15)6-17-13/h3-6H,16H2,1-2H3,(H,17,18). The number of halogens is 2. The number of aromatic nitrogens is 1. The van der Waals surface area contributed by atoms with Crippen LogP contribution in [0.3, 0.4) is 0 Å². The fraction of sp³-hybridized carbons (Fsp3) is 0.154. The van der Waals surface area contributed by atoms with E-state index in [9.17, 15) is 0 Å². The summed E-state index contributed by atoms with van der Waals surface area (Å²) < 4.78 is 1.06. The van der Waals surface area contributed by atoms with Crippen LogP contribution in [-0.2, 0) is 0 Å². The molecule has 0 radical (unpaired) electrons. The molecule has 0 fully saturated rings. The molecule has 2 rings (SSSR count). The van der Waals surface area contributed by atoms with Crippen LogP contribution >= 0.6 is 27.5 Å². The quantitative estimate of drug-likeness (QED) is 0.857. The summed E-state index contributed by atoms with van der Waals surface area (Å²) in [5.41, 5.74) is 9.67. The van der Waals surface area contributed by atoms with Crippen LogP contribution in [0.25, 0.3) is 0 Å². The van der Waals surface area contributed by atoms with Gasteiger partial charge in [-0.1, -0.05) is 27.5 Å². The van der Waals surface area contributed by atoms with Crippen LogP contribution in [0.2, 0.25) is 5.02 Å². The molecule has 3 nitrogen and oxygen atoms in total. The molecule has 0 bridgehead atoms. The maximum absolute atomic E-state index is 5.88. The summed E-state index contributed by atoms with van der Waals surface area (Å²) in [5.74, 6) is 0.618. The Morgan fingerprint density at radius 2 is 1.83 bits per heavy atom. The van der Waals surface area contributed by atoms with Gasteiger partial charge in [-0.05, 0) is 43.2 Å². The van der Waals surface area contributed by atoms with Gasteiger partial charge in [0.2, 0.25) is 0 Å². The third-order valence-corrected chi connectivity index (χ3v) is 3.29. The van der Waals surface area contributed by atoms with Crippen molar-refractivity contribution in [2.75, 3.05) is 11.1 Å². The number of benzene rings is 1. The highest BCUT2D eigenvalue weighted by molar-refractivity contribution is 9.10. The zero-order valence-electron chi connectivity index (χ0n) is 10.1. The molecule has 0 unspecified atom stereocenters. The average molecular weight is 327 g/mol. The molecule has 0 aliphatic heterocycles. The number of nitrogens with two attached hydrogens (primary N) is 1. The lowest BCUT2D eigenvalue weighted by Gasteiger charge is -2.14. The Bertz CT molecular complexity index is 576. The molecule has 0 aliphatic carbocycles. The lowest BCUT2D eigenvalue weighted by Crippen LogP contribution is -2.02. The van der Waals surface area contributed by atoms with Crippen molar-refractivity contribution in [3.05, 3.63) is 45.0 Å². The molecule has 0 amide bonds. The van der Waals surface area contributed by atoms with Gasteiger partial charge in [0.25, 0.3) is 0 Å². The molecule has 0 saturated carbocycles. The van der Waals surface area contributed by atoms with Crippen LogP contribution < -0.4 is 11.1 Å². The summed E-state index contributed by atoms with van der Waals surface area (Å²) in [7, 11) is 0. The van der Waals surface area contributed by atoms with Gasteiger partial charge >= 0.3 is 0 Å². The Kier molecular flexibility index (Phi) is 3.78. The van der Waals surface area contributed by atoms with Crippen LogP contribution in [0.4, 0.5) is 17.2 Å². The van der Waals surface area contributed by atoms with Gasteiger partial charge < -0.3 is 11.1 Å². The second kappa shape index (κ2) is 5.16. The number of anilines is 3. The Labute approximate surface area is 119 Å². The van der Waals surface area contributed by atoms with Crippen LogP contribution in [-0.4, -0.2) is 4.98 Å². The van der Waals surface area contributed by atoms with E-state index < -0.39 is 0 Å². The number of rotatable bonds is 2. The van der Waals surface area contributed by atoms with Crippen LogP contribution in [0, 0.1) is 13.8 Å². The predicted octanol–water partition coefficient (Wildman–Crippen LogP) is 4.44. The molecular formula is C13H13BrClN3. The number of pyridine rings is 1. The van der Waals surface area contributed by atoms with Gasteiger partial charge in [0.1, 0.15) is 0 Å². The van der Waals surface area contributed by atoms with Gasteiger partial charge in [-0.2, -0.15) is 0 Å². The van der Waals surface area contributed by atoms with Gasteiger partial charge in [-0.15, -0.1) is 0 Å². The Hall–Kier alpha value is -1.26. The van der Waals surface area contributed by atoms with E-state index in [2.05, 4.69) is 26.2 Å². The first-order chi connectivity index (χ1) is 8.47. The summed E-state index contributed by atoms with van der Waals surface area (Å²) in [4.78, 5) is 4.20. The summed E-state index contributed by atoms with van der Waals surface area (Å²) in [6.07, 6.45) is 1.57. The highest BCUT2D eigenvalue weighted by atomic mass is 79.9. The van der Waals surface area contributed by atoms with E-state index in [0.29, 0.717) is 16.5 Å². The van der Waals surface area contributed by atoms with Gasteiger partial charge in [0.05, 0.1) is 10.7 Å². The monoisotopic (exact) mass is 325 g/mol. The molecule has 3 N–H and O–H groups in total. The molecule has 1 heterocycles. The number of aryl methyl sites for hydroxylation is 2. The van der Waals surface area contributed by atoms with Gasteiger partial charge in [0, 0.05) is 16.4 Å².